The molecule has 0 aliphatic carbocycles. The molecule has 4 unspecified atom stereocenters. The maximum absolute atomic E-state index is 13.1. The SMILES string of the molecule is CC(C)CC(NC(=O)C(CCCCN)NC(=O)C(N)CS)C(=O)NC(Cc1ccc(O)cc1)C(=O)O. The highest BCUT2D eigenvalue weighted by Crippen LogP contribution is 2.13. The number of phenolic OH excluding ortho intramolecular Hbond substituents is 1. The van der Waals surface area contributed by atoms with Gasteiger partial charge in [-0.3, -0.25) is 14.4 Å². The van der Waals surface area contributed by atoms with Gasteiger partial charge in [0, 0.05) is 12.2 Å². The van der Waals surface area contributed by atoms with Crippen LogP contribution in [0, 0.1) is 5.92 Å². The van der Waals surface area contributed by atoms with Gasteiger partial charge in [-0.15, -0.1) is 0 Å². The molecule has 0 fully saturated rings. The smallest absolute Gasteiger partial charge is 0.326 e. The first-order valence-corrected chi connectivity index (χ1v) is 12.6. The van der Waals surface area contributed by atoms with Crippen molar-refractivity contribution >= 4 is 36.3 Å². The van der Waals surface area contributed by atoms with Gasteiger partial charge in [0.05, 0.1) is 6.04 Å². The molecular weight excluding hydrogens is 486 g/mol. The Labute approximate surface area is 217 Å². The number of carbonyl (C=O) groups excluding carboxylic acids is 3. The van der Waals surface area contributed by atoms with Gasteiger partial charge in [-0.05, 0) is 55.8 Å². The molecule has 0 bridgehead atoms. The third-order valence-corrected chi connectivity index (χ3v) is 5.84. The Morgan fingerprint density at radius 2 is 1.47 bits per heavy atom. The van der Waals surface area contributed by atoms with Gasteiger partial charge in [0.15, 0.2) is 0 Å². The monoisotopic (exact) mass is 525 g/mol. The molecule has 1 rings (SSSR count). The average Bonchev–Trinajstić information content (AvgIpc) is 2.82. The number of rotatable bonds is 16. The number of unbranched alkanes of at least 4 members (excludes halogenated alkanes) is 1. The number of aliphatic carboxylic acids is 1. The number of thiol groups is 1. The zero-order chi connectivity index (χ0) is 27.3. The minimum Gasteiger partial charge on any atom is -0.508 e. The van der Waals surface area contributed by atoms with Crippen LogP contribution in [0.2, 0.25) is 0 Å². The number of nitrogens with one attached hydrogen (secondary N) is 3. The molecular formula is C24H39N5O6S. The van der Waals surface area contributed by atoms with Crippen molar-refractivity contribution in [1.29, 1.82) is 0 Å². The number of carboxylic acids is 1. The first-order chi connectivity index (χ1) is 17.0. The second kappa shape index (κ2) is 16.0. The van der Waals surface area contributed by atoms with Crippen LogP contribution in [0.1, 0.15) is 45.1 Å². The molecule has 0 aromatic heterocycles. The zero-order valence-electron chi connectivity index (χ0n) is 20.8. The van der Waals surface area contributed by atoms with E-state index < -0.39 is 47.9 Å². The van der Waals surface area contributed by atoms with Gasteiger partial charge in [-0.2, -0.15) is 12.6 Å². The van der Waals surface area contributed by atoms with Gasteiger partial charge in [0.25, 0.3) is 0 Å². The molecule has 0 aliphatic heterocycles. The van der Waals surface area contributed by atoms with Crippen molar-refractivity contribution in [2.24, 2.45) is 17.4 Å². The first-order valence-electron chi connectivity index (χ1n) is 12.0. The zero-order valence-corrected chi connectivity index (χ0v) is 21.7. The van der Waals surface area contributed by atoms with Crippen molar-refractivity contribution in [3.8, 4) is 5.75 Å². The standard InChI is InChI=1S/C24H39N5O6S/c1-14(2)11-19(23(33)29-20(24(34)35)12-15-6-8-16(30)9-7-15)28-22(32)18(5-3-4-10-25)27-21(31)17(26)13-36/h6-9,14,17-20,30,36H,3-5,10-13,25-26H2,1-2H3,(H,27,31)(H,28,32)(H,29,33)(H,34,35). The highest BCUT2D eigenvalue weighted by atomic mass is 32.1. The predicted molar refractivity (Wildman–Crippen MR) is 139 cm³/mol. The summed E-state index contributed by atoms with van der Waals surface area (Å²) in [5.41, 5.74) is 11.9. The molecule has 0 heterocycles. The summed E-state index contributed by atoms with van der Waals surface area (Å²) in [4.78, 5) is 50.3. The number of hydrogen-bond donors (Lipinski definition) is 8. The summed E-state index contributed by atoms with van der Waals surface area (Å²) < 4.78 is 0. The number of phenols is 1. The van der Waals surface area contributed by atoms with Crippen LogP contribution < -0.4 is 27.4 Å². The Kier molecular flexibility index (Phi) is 13.9. The van der Waals surface area contributed by atoms with Gasteiger partial charge < -0.3 is 37.6 Å². The highest BCUT2D eigenvalue weighted by molar-refractivity contribution is 7.80. The van der Waals surface area contributed by atoms with Gasteiger partial charge in [-0.1, -0.05) is 26.0 Å². The molecule has 0 radical (unpaired) electrons. The van der Waals surface area contributed by atoms with Crippen molar-refractivity contribution in [3.05, 3.63) is 29.8 Å². The van der Waals surface area contributed by atoms with Crippen molar-refractivity contribution in [2.75, 3.05) is 12.3 Å². The van der Waals surface area contributed by atoms with Gasteiger partial charge in [0.1, 0.15) is 23.9 Å². The highest BCUT2D eigenvalue weighted by Gasteiger charge is 2.30. The quantitative estimate of drug-likeness (QED) is 0.108. The molecule has 1 aromatic rings. The number of amides is 3. The van der Waals surface area contributed by atoms with E-state index in [1.165, 1.54) is 12.1 Å². The lowest BCUT2D eigenvalue weighted by Gasteiger charge is -2.26. The topological polar surface area (TPSA) is 197 Å². The summed E-state index contributed by atoms with van der Waals surface area (Å²) in [7, 11) is 0. The molecule has 3 amide bonds. The maximum Gasteiger partial charge on any atom is 0.326 e. The molecule has 11 nitrogen and oxygen atoms in total. The van der Waals surface area contributed by atoms with Crippen molar-refractivity contribution < 1.29 is 29.4 Å². The fraction of sp³-hybridized carbons (Fsp3) is 0.583. The second-order valence-electron chi connectivity index (χ2n) is 9.10. The van der Waals surface area contributed by atoms with Crippen molar-refractivity contribution in [1.82, 2.24) is 16.0 Å². The summed E-state index contributed by atoms with van der Waals surface area (Å²) >= 11 is 4.01. The normalized spacial score (nSPS) is 14.4. The van der Waals surface area contributed by atoms with Crippen LogP contribution >= 0.6 is 12.6 Å². The number of benzene rings is 1. The summed E-state index contributed by atoms with van der Waals surface area (Å²) in [6.07, 6.45) is 1.75. The van der Waals surface area contributed by atoms with E-state index in [-0.39, 0.29) is 30.3 Å². The largest absolute Gasteiger partial charge is 0.508 e. The van der Waals surface area contributed by atoms with E-state index in [1.807, 2.05) is 13.8 Å². The predicted octanol–water partition coefficient (Wildman–Crippen LogP) is -0.0941. The molecule has 0 aliphatic rings. The van der Waals surface area contributed by atoms with Crippen LogP contribution in [0.15, 0.2) is 24.3 Å². The van der Waals surface area contributed by atoms with Crippen molar-refractivity contribution in [2.45, 2.75) is 70.1 Å². The van der Waals surface area contributed by atoms with Crippen LogP contribution in [-0.4, -0.2) is 70.4 Å². The number of hydrogen-bond acceptors (Lipinski definition) is 8. The minimum atomic E-state index is -1.25. The van der Waals surface area contributed by atoms with Crippen LogP contribution in [0.4, 0.5) is 0 Å². The van der Waals surface area contributed by atoms with Crippen LogP contribution in [0.3, 0.4) is 0 Å². The number of nitrogens with two attached hydrogens (primary N) is 2. The third kappa shape index (κ3) is 11.3. The maximum atomic E-state index is 13.1. The molecule has 0 saturated carbocycles. The second-order valence-corrected chi connectivity index (χ2v) is 9.46. The summed E-state index contributed by atoms with van der Waals surface area (Å²) in [6.45, 7) is 4.15. The van der Waals surface area contributed by atoms with E-state index in [0.29, 0.717) is 31.4 Å². The Hall–Kier alpha value is -2.83. The van der Waals surface area contributed by atoms with E-state index in [2.05, 4.69) is 28.6 Å². The minimum absolute atomic E-state index is 0.00399. The fourth-order valence-electron chi connectivity index (χ4n) is 3.44. The number of aromatic hydroxyl groups is 1. The molecule has 4 atom stereocenters. The van der Waals surface area contributed by atoms with Gasteiger partial charge >= 0.3 is 5.97 Å². The van der Waals surface area contributed by atoms with E-state index >= 15 is 0 Å². The third-order valence-electron chi connectivity index (χ3n) is 5.44. The lowest BCUT2D eigenvalue weighted by atomic mass is 10.0. The summed E-state index contributed by atoms with van der Waals surface area (Å²) in [6, 6.07) is 1.87. The Morgan fingerprint density at radius 1 is 0.917 bits per heavy atom. The van der Waals surface area contributed by atoms with E-state index in [9.17, 15) is 29.4 Å². The van der Waals surface area contributed by atoms with Gasteiger partial charge in [0.2, 0.25) is 17.7 Å². The fourth-order valence-corrected chi connectivity index (χ4v) is 3.60. The molecule has 9 N–H and O–H groups in total. The number of carboxylic acid groups (broad SMARTS) is 1. The van der Waals surface area contributed by atoms with Crippen molar-refractivity contribution in [3.63, 3.8) is 0 Å². The van der Waals surface area contributed by atoms with Crippen LogP contribution in [-0.2, 0) is 25.6 Å². The van der Waals surface area contributed by atoms with E-state index in [4.69, 9.17) is 11.5 Å². The average molecular weight is 526 g/mol. The van der Waals surface area contributed by atoms with E-state index in [0.717, 1.165) is 0 Å². The molecule has 0 saturated heterocycles. The van der Waals surface area contributed by atoms with Crippen LogP contribution in [0.25, 0.3) is 0 Å². The Morgan fingerprint density at radius 3 is 2.00 bits per heavy atom. The molecule has 12 heteroatoms. The molecule has 0 spiro atoms. The lowest BCUT2D eigenvalue weighted by Crippen LogP contribution is -2.57. The van der Waals surface area contributed by atoms with E-state index in [1.54, 1.807) is 12.1 Å². The lowest BCUT2D eigenvalue weighted by molar-refractivity contribution is -0.142. The Bertz CT molecular complexity index is 867. The summed E-state index contributed by atoms with van der Waals surface area (Å²) in [5.74, 6) is -2.86. The number of carbonyl (C=O) groups is 4. The Balaban J connectivity index is 2.99. The molecule has 1 aromatic carbocycles. The van der Waals surface area contributed by atoms with Gasteiger partial charge in [-0.25, -0.2) is 4.79 Å². The summed E-state index contributed by atoms with van der Waals surface area (Å²) in [5, 5.41) is 26.8. The molecule has 202 valence electrons. The first kappa shape index (κ1) is 31.2. The van der Waals surface area contributed by atoms with Crippen LogP contribution in [0.5, 0.6) is 5.75 Å². The molecule has 36 heavy (non-hydrogen) atoms.